The second kappa shape index (κ2) is 12.8. The van der Waals surface area contributed by atoms with Crippen molar-refractivity contribution in [2.75, 3.05) is 6.54 Å². The lowest BCUT2D eigenvalue weighted by Gasteiger charge is -2.29. The minimum Gasteiger partial charge on any atom is -0.481 e. The van der Waals surface area contributed by atoms with E-state index >= 15 is 0 Å². The summed E-state index contributed by atoms with van der Waals surface area (Å²) in [6.07, 6.45) is -0.843. The Kier molecular flexibility index (Phi) is 10.2. The first kappa shape index (κ1) is 27.7. The molecule has 1 aromatic rings. The Bertz CT molecular complexity index is 923. The van der Waals surface area contributed by atoms with Gasteiger partial charge in [-0.1, -0.05) is 30.3 Å². The number of hydrogen-bond acceptors (Lipinski definition) is 7. The Hall–Kier alpha value is -3.51. The summed E-state index contributed by atoms with van der Waals surface area (Å²) in [6.45, 7) is 1.48. The van der Waals surface area contributed by atoms with E-state index in [4.69, 9.17) is 10.8 Å². The molecule has 5 atom stereocenters. The van der Waals surface area contributed by atoms with Gasteiger partial charge >= 0.3 is 11.9 Å². The maximum Gasteiger partial charge on any atom is 0.328 e. The number of nitrogens with zero attached hydrogens (tertiary/aromatic N) is 1. The summed E-state index contributed by atoms with van der Waals surface area (Å²) in [7, 11) is 0. The van der Waals surface area contributed by atoms with Gasteiger partial charge in [0.2, 0.25) is 17.7 Å². The van der Waals surface area contributed by atoms with Gasteiger partial charge in [0.1, 0.15) is 12.1 Å². The number of amides is 3. The molecule has 0 bridgehead atoms. The minimum atomic E-state index is -1.57. The zero-order valence-corrected chi connectivity index (χ0v) is 19.4. The van der Waals surface area contributed by atoms with Crippen molar-refractivity contribution in [3.05, 3.63) is 35.9 Å². The molecule has 12 nitrogen and oxygen atoms in total. The van der Waals surface area contributed by atoms with Crippen LogP contribution in [0.4, 0.5) is 0 Å². The molecule has 1 saturated heterocycles. The third-order valence-electron chi connectivity index (χ3n) is 5.79. The number of carboxylic acids is 2. The van der Waals surface area contributed by atoms with Crippen molar-refractivity contribution in [1.29, 1.82) is 0 Å². The molecule has 0 aliphatic carbocycles. The van der Waals surface area contributed by atoms with Crippen LogP contribution in [0, 0.1) is 0 Å². The largest absolute Gasteiger partial charge is 0.481 e. The van der Waals surface area contributed by atoms with Gasteiger partial charge in [-0.15, -0.1) is 0 Å². The van der Waals surface area contributed by atoms with Gasteiger partial charge < -0.3 is 36.6 Å². The molecule has 2 rings (SSSR count). The predicted octanol–water partition coefficient (Wildman–Crippen LogP) is -1.15. The fourth-order valence-corrected chi connectivity index (χ4v) is 3.89. The molecule has 1 aliphatic rings. The van der Waals surface area contributed by atoms with E-state index in [2.05, 4.69) is 10.6 Å². The van der Waals surface area contributed by atoms with Gasteiger partial charge in [-0.2, -0.15) is 0 Å². The number of nitrogens with one attached hydrogen (secondary N) is 2. The molecule has 1 fully saturated rings. The van der Waals surface area contributed by atoms with Gasteiger partial charge in [-0.05, 0) is 31.7 Å². The van der Waals surface area contributed by atoms with Gasteiger partial charge in [0.05, 0.1) is 12.1 Å². The molecule has 1 aliphatic heterocycles. The molecule has 35 heavy (non-hydrogen) atoms. The topological polar surface area (TPSA) is 199 Å². The highest BCUT2D eigenvalue weighted by Crippen LogP contribution is 2.20. The summed E-state index contributed by atoms with van der Waals surface area (Å²) in [5.74, 6) is -4.48. The first-order chi connectivity index (χ1) is 16.5. The second-order valence-electron chi connectivity index (χ2n) is 8.54. The summed E-state index contributed by atoms with van der Waals surface area (Å²) in [5.41, 5.74) is 6.54. The lowest BCUT2D eigenvalue weighted by atomic mass is 10.0. The molecule has 5 unspecified atom stereocenters. The van der Waals surface area contributed by atoms with Gasteiger partial charge in [0, 0.05) is 19.4 Å². The third kappa shape index (κ3) is 8.04. The Morgan fingerprint density at radius 2 is 1.77 bits per heavy atom. The maximum atomic E-state index is 13.1. The fourth-order valence-electron chi connectivity index (χ4n) is 3.89. The Balaban J connectivity index is 2.17. The van der Waals surface area contributed by atoms with E-state index in [1.165, 1.54) is 11.8 Å². The van der Waals surface area contributed by atoms with Crippen LogP contribution in [0.1, 0.15) is 38.2 Å². The van der Waals surface area contributed by atoms with Crippen LogP contribution in [0.15, 0.2) is 30.3 Å². The normalized spacial score (nSPS) is 18.7. The quantitative estimate of drug-likeness (QED) is 0.208. The molecule has 1 heterocycles. The SMILES string of the molecule is CC(O)C(NC(=O)C(Cc1ccccc1)NC(=O)C1CCCN1C(=O)C(N)CCC(=O)O)C(=O)O. The molecular formula is C23H32N4O8. The fraction of sp³-hybridized carbons (Fsp3) is 0.522. The lowest BCUT2D eigenvalue weighted by Crippen LogP contribution is -2.58. The van der Waals surface area contributed by atoms with Gasteiger partial charge in [0.15, 0.2) is 6.04 Å². The third-order valence-corrected chi connectivity index (χ3v) is 5.79. The smallest absolute Gasteiger partial charge is 0.328 e. The van der Waals surface area contributed by atoms with Crippen LogP contribution in [-0.4, -0.2) is 86.7 Å². The summed E-state index contributed by atoms with van der Waals surface area (Å²) >= 11 is 0. The number of aliphatic hydroxyl groups is 1. The van der Waals surface area contributed by atoms with Crippen molar-refractivity contribution in [2.24, 2.45) is 5.73 Å². The van der Waals surface area contributed by atoms with Crippen LogP contribution in [0.2, 0.25) is 0 Å². The molecule has 0 aromatic heterocycles. The summed E-state index contributed by atoms with van der Waals surface area (Å²) < 4.78 is 0. The van der Waals surface area contributed by atoms with Gasteiger partial charge in [-0.3, -0.25) is 19.2 Å². The van der Waals surface area contributed by atoms with Crippen molar-refractivity contribution in [1.82, 2.24) is 15.5 Å². The zero-order valence-electron chi connectivity index (χ0n) is 19.4. The average molecular weight is 493 g/mol. The monoisotopic (exact) mass is 492 g/mol. The van der Waals surface area contributed by atoms with E-state index in [1.807, 2.05) is 0 Å². The molecule has 192 valence electrons. The zero-order chi connectivity index (χ0) is 26.1. The first-order valence-electron chi connectivity index (χ1n) is 11.3. The molecule has 3 amide bonds. The van der Waals surface area contributed by atoms with Crippen molar-refractivity contribution >= 4 is 29.7 Å². The number of aliphatic carboxylic acids is 2. The molecule has 7 N–H and O–H groups in total. The molecule has 1 aromatic carbocycles. The number of nitrogens with two attached hydrogens (primary N) is 1. The van der Waals surface area contributed by atoms with Crippen molar-refractivity contribution in [2.45, 2.75) is 69.3 Å². The van der Waals surface area contributed by atoms with Crippen LogP contribution in [0.3, 0.4) is 0 Å². The van der Waals surface area contributed by atoms with Gasteiger partial charge in [-0.25, -0.2) is 4.79 Å². The Labute approximate surface area is 202 Å². The standard InChI is InChI=1S/C23H32N4O8/c1-13(28)19(23(34)35)26-20(31)16(12-14-6-3-2-4-7-14)25-21(32)17-8-5-11-27(17)22(33)15(24)9-10-18(29)30/h2-4,6-7,13,15-17,19,28H,5,8-12,24H2,1H3,(H,25,32)(H,26,31)(H,29,30)(H,34,35). The summed E-state index contributed by atoms with van der Waals surface area (Å²) in [4.78, 5) is 62.3. The average Bonchev–Trinajstić information content (AvgIpc) is 3.30. The summed E-state index contributed by atoms with van der Waals surface area (Å²) in [6, 6.07) is 4.02. The highest BCUT2D eigenvalue weighted by molar-refractivity contribution is 5.94. The van der Waals surface area contributed by atoms with Crippen LogP contribution in [0.25, 0.3) is 0 Å². The van der Waals surface area contributed by atoms with Crippen LogP contribution in [-0.2, 0) is 30.4 Å². The number of carbonyl (C=O) groups is 5. The number of benzene rings is 1. The number of carbonyl (C=O) groups excluding carboxylic acids is 3. The second-order valence-corrected chi connectivity index (χ2v) is 8.54. The summed E-state index contributed by atoms with van der Waals surface area (Å²) in [5, 5.41) is 32.7. The van der Waals surface area contributed by atoms with Gasteiger partial charge in [0.25, 0.3) is 0 Å². The molecule has 0 spiro atoms. The van der Waals surface area contributed by atoms with E-state index in [0.29, 0.717) is 18.4 Å². The highest BCUT2D eigenvalue weighted by atomic mass is 16.4. The minimum absolute atomic E-state index is 0.0450. The lowest BCUT2D eigenvalue weighted by molar-refractivity contribution is -0.145. The van der Waals surface area contributed by atoms with E-state index in [1.54, 1.807) is 30.3 Å². The molecule has 12 heteroatoms. The molecule has 0 radical (unpaired) electrons. The molecule has 0 saturated carbocycles. The number of aliphatic hydroxyl groups excluding tert-OH is 1. The van der Waals surface area contributed by atoms with Crippen molar-refractivity contribution < 1.29 is 39.3 Å². The Morgan fingerprint density at radius 3 is 2.34 bits per heavy atom. The molecular weight excluding hydrogens is 460 g/mol. The Morgan fingerprint density at radius 1 is 1.11 bits per heavy atom. The maximum absolute atomic E-state index is 13.1. The van der Waals surface area contributed by atoms with E-state index in [0.717, 1.165) is 0 Å². The van der Waals surface area contributed by atoms with Crippen LogP contribution >= 0.6 is 0 Å². The number of carboxylic acid groups (broad SMARTS) is 2. The van der Waals surface area contributed by atoms with Crippen molar-refractivity contribution in [3.8, 4) is 0 Å². The van der Waals surface area contributed by atoms with E-state index in [9.17, 15) is 34.2 Å². The highest BCUT2D eigenvalue weighted by Gasteiger charge is 2.38. The van der Waals surface area contributed by atoms with Crippen LogP contribution in [0.5, 0.6) is 0 Å². The number of likely N-dealkylation sites (tertiary alicyclic amines) is 1. The van der Waals surface area contributed by atoms with E-state index < -0.39 is 59.9 Å². The number of hydrogen-bond donors (Lipinski definition) is 6. The predicted molar refractivity (Wildman–Crippen MR) is 123 cm³/mol. The number of rotatable bonds is 12. The van der Waals surface area contributed by atoms with Crippen molar-refractivity contribution in [3.63, 3.8) is 0 Å². The van der Waals surface area contributed by atoms with Crippen LogP contribution < -0.4 is 16.4 Å². The first-order valence-corrected chi connectivity index (χ1v) is 11.3. The van der Waals surface area contributed by atoms with E-state index in [-0.39, 0.29) is 25.8 Å².